The molecule has 0 unspecified atom stereocenters. The van der Waals surface area contributed by atoms with Crippen molar-refractivity contribution in [3.8, 4) is 17.2 Å². The Hall–Kier alpha value is -2.44. The fourth-order valence-corrected chi connectivity index (χ4v) is 3.12. The summed E-state index contributed by atoms with van der Waals surface area (Å²) in [6.45, 7) is 0.559. The Bertz CT molecular complexity index is 605. The van der Waals surface area contributed by atoms with Crippen molar-refractivity contribution < 1.29 is 28.5 Å². The van der Waals surface area contributed by atoms with E-state index in [0.717, 1.165) is 18.4 Å². The number of ether oxygens (including phenoxy) is 4. The third-order valence-electron chi connectivity index (χ3n) is 4.38. The molecule has 1 aliphatic heterocycles. The van der Waals surface area contributed by atoms with Crippen LogP contribution in [0.1, 0.15) is 24.8 Å². The third-order valence-corrected chi connectivity index (χ3v) is 4.38. The van der Waals surface area contributed by atoms with Gasteiger partial charge in [-0.25, -0.2) is 4.79 Å². The van der Waals surface area contributed by atoms with E-state index in [1.807, 2.05) is 0 Å². The summed E-state index contributed by atoms with van der Waals surface area (Å²) in [5.74, 6) is 0.981. The minimum Gasteiger partial charge on any atom is -0.493 e. The number of likely N-dealkylation sites (tertiary alicyclic amines) is 1. The SMILES string of the molecule is COC(=O)[C@H]1CCCCN1C(=O)Cc1cc(OC)c(OC)c(OC)c1. The molecule has 0 bridgehead atoms. The summed E-state index contributed by atoms with van der Waals surface area (Å²) >= 11 is 0. The Labute approximate surface area is 147 Å². The first-order valence-corrected chi connectivity index (χ1v) is 8.21. The van der Waals surface area contributed by atoms with Gasteiger partial charge >= 0.3 is 5.97 Å². The van der Waals surface area contributed by atoms with Crippen LogP contribution >= 0.6 is 0 Å². The summed E-state index contributed by atoms with van der Waals surface area (Å²) < 4.78 is 20.8. The normalized spacial score (nSPS) is 17.0. The maximum Gasteiger partial charge on any atom is 0.328 e. The first-order valence-electron chi connectivity index (χ1n) is 8.21. The Kier molecular flexibility index (Phi) is 6.50. The lowest BCUT2D eigenvalue weighted by molar-refractivity contribution is -0.154. The predicted molar refractivity (Wildman–Crippen MR) is 91.2 cm³/mol. The number of rotatable bonds is 6. The van der Waals surface area contributed by atoms with Crippen LogP contribution in [-0.2, 0) is 20.7 Å². The number of carbonyl (C=O) groups excluding carboxylic acids is 2. The molecule has 2 rings (SSSR count). The van der Waals surface area contributed by atoms with Crippen molar-refractivity contribution in [3.63, 3.8) is 0 Å². The summed E-state index contributed by atoms with van der Waals surface area (Å²) in [7, 11) is 5.93. The third kappa shape index (κ3) is 4.15. The molecule has 0 aliphatic carbocycles. The highest BCUT2D eigenvalue weighted by Crippen LogP contribution is 2.38. The monoisotopic (exact) mass is 351 g/mol. The molecule has 1 fully saturated rings. The van der Waals surface area contributed by atoms with E-state index in [2.05, 4.69) is 0 Å². The van der Waals surface area contributed by atoms with E-state index in [0.29, 0.717) is 30.2 Å². The number of nitrogens with zero attached hydrogens (tertiary/aromatic N) is 1. The average Bonchev–Trinajstić information content (AvgIpc) is 2.66. The van der Waals surface area contributed by atoms with Gasteiger partial charge < -0.3 is 23.8 Å². The first kappa shape index (κ1) is 18.9. The van der Waals surface area contributed by atoms with Gasteiger partial charge in [0.05, 0.1) is 34.9 Å². The highest BCUT2D eigenvalue weighted by molar-refractivity contribution is 5.86. The zero-order valence-electron chi connectivity index (χ0n) is 15.2. The molecule has 1 aromatic carbocycles. The van der Waals surface area contributed by atoms with Crippen molar-refractivity contribution in [3.05, 3.63) is 17.7 Å². The van der Waals surface area contributed by atoms with Crippen LogP contribution < -0.4 is 14.2 Å². The van der Waals surface area contributed by atoms with Gasteiger partial charge in [-0.3, -0.25) is 4.79 Å². The second kappa shape index (κ2) is 8.60. The topological polar surface area (TPSA) is 74.3 Å². The van der Waals surface area contributed by atoms with Crippen LogP contribution in [0.4, 0.5) is 0 Å². The summed E-state index contributed by atoms with van der Waals surface area (Å²) in [5, 5.41) is 0. The smallest absolute Gasteiger partial charge is 0.328 e. The maximum absolute atomic E-state index is 12.8. The van der Waals surface area contributed by atoms with Crippen LogP contribution in [0.25, 0.3) is 0 Å². The van der Waals surface area contributed by atoms with Gasteiger partial charge in [0.2, 0.25) is 11.7 Å². The number of hydrogen-bond acceptors (Lipinski definition) is 6. The summed E-state index contributed by atoms with van der Waals surface area (Å²) in [4.78, 5) is 26.3. The minimum atomic E-state index is -0.506. The van der Waals surface area contributed by atoms with Crippen LogP contribution in [0, 0.1) is 0 Å². The highest BCUT2D eigenvalue weighted by atomic mass is 16.5. The molecule has 7 nitrogen and oxygen atoms in total. The van der Waals surface area contributed by atoms with Gasteiger partial charge in [-0.2, -0.15) is 0 Å². The van der Waals surface area contributed by atoms with Gasteiger partial charge in [0.1, 0.15) is 6.04 Å². The summed E-state index contributed by atoms with van der Waals surface area (Å²) in [5.41, 5.74) is 0.730. The second-order valence-electron chi connectivity index (χ2n) is 5.83. The molecule has 0 saturated carbocycles. The molecule has 7 heteroatoms. The molecule has 138 valence electrons. The second-order valence-corrected chi connectivity index (χ2v) is 5.83. The molecular weight excluding hydrogens is 326 g/mol. The van der Waals surface area contributed by atoms with E-state index in [-0.39, 0.29) is 18.3 Å². The highest BCUT2D eigenvalue weighted by Gasteiger charge is 2.32. The number of hydrogen-bond donors (Lipinski definition) is 0. The van der Waals surface area contributed by atoms with Gasteiger partial charge in [0.25, 0.3) is 0 Å². The zero-order valence-corrected chi connectivity index (χ0v) is 15.2. The summed E-state index contributed by atoms with van der Waals surface area (Å²) in [6.07, 6.45) is 2.57. The Morgan fingerprint density at radius 1 is 1.04 bits per heavy atom. The molecule has 1 aromatic rings. The number of esters is 1. The molecule has 25 heavy (non-hydrogen) atoms. The van der Waals surface area contributed by atoms with E-state index >= 15 is 0 Å². The molecule has 1 atom stereocenters. The Morgan fingerprint density at radius 2 is 1.68 bits per heavy atom. The molecule has 1 amide bonds. The molecule has 0 spiro atoms. The fraction of sp³-hybridized carbons (Fsp3) is 0.556. The van der Waals surface area contributed by atoms with Crippen LogP contribution in [0.3, 0.4) is 0 Å². The van der Waals surface area contributed by atoms with Crippen molar-refractivity contribution in [2.24, 2.45) is 0 Å². The largest absolute Gasteiger partial charge is 0.493 e. The zero-order chi connectivity index (χ0) is 18.4. The number of benzene rings is 1. The van der Waals surface area contributed by atoms with E-state index in [9.17, 15) is 9.59 Å². The average molecular weight is 351 g/mol. The lowest BCUT2D eigenvalue weighted by Crippen LogP contribution is -2.49. The lowest BCUT2D eigenvalue weighted by Gasteiger charge is -2.33. The molecular formula is C18H25NO6. The quantitative estimate of drug-likeness (QED) is 0.728. The van der Waals surface area contributed by atoms with Crippen LogP contribution in [0.5, 0.6) is 17.2 Å². The fourth-order valence-electron chi connectivity index (χ4n) is 3.12. The van der Waals surface area contributed by atoms with Crippen LogP contribution in [0.2, 0.25) is 0 Å². The van der Waals surface area contributed by atoms with Gasteiger partial charge in [-0.1, -0.05) is 0 Å². The molecule has 1 aliphatic rings. The van der Waals surface area contributed by atoms with Gasteiger partial charge in [0, 0.05) is 6.54 Å². The van der Waals surface area contributed by atoms with E-state index in [1.165, 1.54) is 28.4 Å². The standard InChI is InChI=1S/C18H25NO6/c1-22-14-9-12(10-15(23-2)17(14)24-3)11-16(20)19-8-6-5-7-13(19)18(21)25-4/h9-10,13H,5-8,11H2,1-4H3/t13-/m1/s1. The predicted octanol–water partition coefficient (Wildman–Crippen LogP) is 1.81. The van der Waals surface area contributed by atoms with Crippen molar-refractivity contribution in [2.75, 3.05) is 35.0 Å². The molecule has 0 radical (unpaired) electrons. The lowest BCUT2D eigenvalue weighted by atomic mass is 10.0. The van der Waals surface area contributed by atoms with Crippen molar-refractivity contribution in [2.45, 2.75) is 31.7 Å². The number of piperidine rings is 1. The molecule has 0 N–H and O–H groups in total. The Morgan fingerprint density at radius 3 is 2.20 bits per heavy atom. The summed E-state index contributed by atoms with van der Waals surface area (Å²) in [6, 6.07) is 2.99. The number of methoxy groups -OCH3 is 4. The number of amides is 1. The van der Waals surface area contributed by atoms with Gasteiger partial charge in [-0.05, 0) is 37.0 Å². The number of carbonyl (C=O) groups is 2. The Balaban J connectivity index is 2.23. The molecule has 1 heterocycles. The van der Waals surface area contributed by atoms with Crippen LogP contribution in [-0.4, -0.2) is 57.8 Å². The molecule has 0 aromatic heterocycles. The minimum absolute atomic E-state index is 0.121. The van der Waals surface area contributed by atoms with Crippen molar-refractivity contribution in [1.29, 1.82) is 0 Å². The van der Waals surface area contributed by atoms with Crippen molar-refractivity contribution in [1.82, 2.24) is 4.90 Å². The van der Waals surface area contributed by atoms with E-state index in [4.69, 9.17) is 18.9 Å². The first-order chi connectivity index (χ1) is 12.0. The van der Waals surface area contributed by atoms with Gasteiger partial charge in [0.15, 0.2) is 11.5 Å². The van der Waals surface area contributed by atoms with E-state index < -0.39 is 6.04 Å². The van der Waals surface area contributed by atoms with Gasteiger partial charge in [-0.15, -0.1) is 0 Å². The molecule has 1 saturated heterocycles. The van der Waals surface area contributed by atoms with Crippen molar-refractivity contribution >= 4 is 11.9 Å². The maximum atomic E-state index is 12.8. The van der Waals surface area contributed by atoms with E-state index in [1.54, 1.807) is 17.0 Å². The van der Waals surface area contributed by atoms with Crippen LogP contribution in [0.15, 0.2) is 12.1 Å².